The average molecular weight is 452 g/mol. The van der Waals surface area contributed by atoms with Crippen LogP contribution >= 0.6 is 0 Å². The van der Waals surface area contributed by atoms with E-state index in [9.17, 15) is 4.79 Å². The molecule has 1 aliphatic heterocycles. The Kier molecular flexibility index (Phi) is 6.44. The predicted octanol–water partition coefficient (Wildman–Crippen LogP) is 4.99. The highest BCUT2D eigenvalue weighted by Crippen LogP contribution is 2.33. The minimum absolute atomic E-state index is 0.0671. The van der Waals surface area contributed by atoms with E-state index in [0.29, 0.717) is 13.1 Å². The maximum atomic E-state index is 12.6. The van der Waals surface area contributed by atoms with E-state index in [1.807, 2.05) is 82.2 Å². The van der Waals surface area contributed by atoms with Crippen LogP contribution in [-0.2, 0) is 4.74 Å². The van der Waals surface area contributed by atoms with Crippen molar-refractivity contribution in [3.8, 4) is 16.9 Å². The minimum Gasteiger partial charge on any atom is -0.490 e. The number of ether oxygens (including phenoxy) is 2. The topological polar surface area (TPSA) is 81.0 Å². The first-order valence-corrected chi connectivity index (χ1v) is 11.6. The van der Waals surface area contributed by atoms with Crippen LogP contribution in [0.2, 0.25) is 0 Å². The van der Waals surface area contributed by atoms with E-state index < -0.39 is 5.60 Å². The van der Waals surface area contributed by atoms with Crippen molar-refractivity contribution in [3.63, 3.8) is 0 Å². The molecule has 1 fully saturated rings. The molecule has 8 nitrogen and oxygen atoms in total. The van der Waals surface area contributed by atoms with Crippen molar-refractivity contribution in [1.29, 1.82) is 0 Å². The first kappa shape index (κ1) is 22.9. The fourth-order valence-corrected chi connectivity index (χ4v) is 4.03. The summed E-state index contributed by atoms with van der Waals surface area (Å²) in [5.74, 6) is 1.55. The lowest BCUT2D eigenvalue weighted by atomic mass is 10.1. The van der Waals surface area contributed by atoms with E-state index in [-0.39, 0.29) is 18.2 Å². The Morgan fingerprint density at radius 2 is 2.00 bits per heavy atom. The smallest absolute Gasteiger partial charge is 0.410 e. The zero-order valence-corrected chi connectivity index (χ0v) is 20.0. The molecule has 0 radical (unpaired) electrons. The van der Waals surface area contributed by atoms with E-state index in [1.54, 1.807) is 4.52 Å². The molecule has 1 saturated heterocycles. The van der Waals surface area contributed by atoms with Crippen LogP contribution in [0.5, 0.6) is 5.75 Å². The number of hydrogen-bond acceptors (Lipinski definition) is 6. The average Bonchev–Trinajstić information content (AvgIpc) is 3.38. The van der Waals surface area contributed by atoms with E-state index >= 15 is 0 Å². The number of nitrogens with zero attached hydrogens (tertiary/aromatic N) is 4. The summed E-state index contributed by atoms with van der Waals surface area (Å²) < 4.78 is 13.3. The Bertz CT molecular complexity index is 1120. The third-order valence-electron chi connectivity index (χ3n) is 5.43. The molecule has 0 unspecified atom stereocenters. The van der Waals surface area contributed by atoms with E-state index in [1.165, 1.54) is 0 Å². The van der Waals surface area contributed by atoms with Crippen molar-refractivity contribution in [1.82, 2.24) is 19.5 Å². The number of nitrogens with one attached hydrogen (secondary N) is 1. The number of amides is 1. The molecule has 3 heterocycles. The van der Waals surface area contributed by atoms with Crippen LogP contribution in [0.15, 0.2) is 42.7 Å². The second kappa shape index (κ2) is 9.29. The van der Waals surface area contributed by atoms with Gasteiger partial charge in [-0.1, -0.05) is 18.2 Å². The van der Waals surface area contributed by atoms with Crippen LogP contribution in [0.25, 0.3) is 16.8 Å². The van der Waals surface area contributed by atoms with Gasteiger partial charge in [0.1, 0.15) is 17.2 Å². The van der Waals surface area contributed by atoms with Crippen LogP contribution in [0.4, 0.5) is 10.6 Å². The van der Waals surface area contributed by atoms with Gasteiger partial charge in [-0.3, -0.25) is 0 Å². The molecule has 2 aromatic heterocycles. The molecule has 176 valence electrons. The Hall–Kier alpha value is -3.29. The number of benzene rings is 1. The predicted molar refractivity (Wildman–Crippen MR) is 129 cm³/mol. The van der Waals surface area contributed by atoms with Gasteiger partial charge in [-0.2, -0.15) is 5.10 Å². The highest BCUT2D eigenvalue weighted by atomic mass is 16.6. The molecule has 33 heavy (non-hydrogen) atoms. The lowest BCUT2D eigenvalue weighted by molar-refractivity contribution is 0.0235. The molecule has 1 atom stereocenters. The Morgan fingerprint density at radius 3 is 2.76 bits per heavy atom. The number of carbonyl (C=O) groups excluding carboxylic acids is 1. The Labute approximate surface area is 194 Å². The summed E-state index contributed by atoms with van der Waals surface area (Å²) in [6, 6.07) is 9.90. The first-order valence-electron chi connectivity index (χ1n) is 11.6. The molecular weight excluding hydrogens is 418 g/mol. The monoisotopic (exact) mass is 451 g/mol. The molecule has 1 N–H and O–H groups in total. The van der Waals surface area contributed by atoms with Gasteiger partial charge < -0.3 is 19.7 Å². The van der Waals surface area contributed by atoms with Gasteiger partial charge in [0.05, 0.1) is 23.9 Å². The molecule has 1 amide bonds. The van der Waals surface area contributed by atoms with E-state index in [2.05, 4.69) is 10.4 Å². The van der Waals surface area contributed by atoms with E-state index in [4.69, 9.17) is 14.5 Å². The van der Waals surface area contributed by atoms with Crippen LogP contribution < -0.4 is 10.1 Å². The molecule has 8 heteroatoms. The van der Waals surface area contributed by atoms with Crippen molar-refractivity contribution in [3.05, 3.63) is 42.7 Å². The lowest BCUT2D eigenvalue weighted by Gasteiger charge is -2.28. The maximum absolute atomic E-state index is 12.6. The summed E-state index contributed by atoms with van der Waals surface area (Å²) >= 11 is 0. The van der Waals surface area contributed by atoms with Crippen LogP contribution in [-0.4, -0.2) is 56.4 Å². The molecule has 0 spiro atoms. The SMILES string of the molecule is CC(C)Oc1ccccc1-c1cnn2ccc(NC[C@@H]3CCCN3C(=O)OC(C)(C)C)nc12. The molecule has 4 rings (SSSR count). The quantitative estimate of drug-likeness (QED) is 0.568. The molecule has 0 bridgehead atoms. The van der Waals surface area contributed by atoms with Crippen molar-refractivity contribution in [2.75, 3.05) is 18.4 Å². The normalized spacial score (nSPS) is 16.4. The zero-order chi connectivity index (χ0) is 23.6. The summed E-state index contributed by atoms with van der Waals surface area (Å²) in [5.41, 5.74) is 2.11. The Morgan fingerprint density at radius 1 is 1.21 bits per heavy atom. The van der Waals surface area contributed by atoms with Crippen molar-refractivity contribution >= 4 is 17.6 Å². The third kappa shape index (κ3) is 5.38. The second-order valence-corrected chi connectivity index (χ2v) is 9.65. The van der Waals surface area contributed by atoms with E-state index in [0.717, 1.165) is 41.2 Å². The summed E-state index contributed by atoms with van der Waals surface area (Å²) in [4.78, 5) is 19.2. The van der Waals surface area contributed by atoms with Gasteiger partial charge >= 0.3 is 6.09 Å². The number of likely N-dealkylation sites (tertiary alicyclic amines) is 1. The van der Waals surface area contributed by atoms with Gasteiger partial charge in [-0.15, -0.1) is 0 Å². The number of rotatable bonds is 6. The summed E-state index contributed by atoms with van der Waals surface area (Å²) in [5, 5.41) is 7.87. The second-order valence-electron chi connectivity index (χ2n) is 9.65. The van der Waals surface area contributed by atoms with Crippen LogP contribution in [0.1, 0.15) is 47.5 Å². The number of para-hydroxylation sites is 1. The summed E-state index contributed by atoms with van der Waals surface area (Å²) in [6.45, 7) is 11.0. The number of hydrogen-bond donors (Lipinski definition) is 1. The minimum atomic E-state index is -0.502. The fourth-order valence-electron chi connectivity index (χ4n) is 4.03. The van der Waals surface area contributed by atoms with Crippen molar-refractivity contribution in [2.24, 2.45) is 0 Å². The highest BCUT2D eigenvalue weighted by molar-refractivity contribution is 5.81. The fraction of sp³-hybridized carbons (Fsp3) is 0.480. The molecule has 0 saturated carbocycles. The summed E-state index contributed by atoms with van der Waals surface area (Å²) in [7, 11) is 0. The lowest BCUT2D eigenvalue weighted by Crippen LogP contribution is -2.42. The standard InChI is InChI=1S/C25H33N5O3/c1-17(2)32-21-11-7-6-10-19(21)20-16-27-30-14-12-22(28-23(20)30)26-15-18-9-8-13-29(18)24(31)33-25(3,4)5/h6-7,10-12,14,16-18H,8-9,13,15H2,1-5H3,(H,26,28)/t18-/m0/s1. The Balaban J connectivity index is 1.52. The van der Waals surface area contributed by atoms with Gasteiger partial charge in [0.15, 0.2) is 5.65 Å². The third-order valence-corrected chi connectivity index (χ3v) is 5.43. The summed E-state index contributed by atoms with van der Waals surface area (Å²) in [6.07, 6.45) is 5.42. The highest BCUT2D eigenvalue weighted by Gasteiger charge is 2.32. The van der Waals surface area contributed by atoms with Crippen molar-refractivity contribution in [2.45, 2.75) is 65.2 Å². The van der Waals surface area contributed by atoms with Crippen LogP contribution in [0.3, 0.4) is 0 Å². The van der Waals surface area contributed by atoms with Crippen molar-refractivity contribution < 1.29 is 14.3 Å². The van der Waals surface area contributed by atoms with Gasteiger partial charge in [-0.25, -0.2) is 14.3 Å². The van der Waals surface area contributed by atoms with Gasteiger partial charge in [-0.05, 0) is 59.6 Å². The molecule has 1 aromatic carbocycles. The van der Waals surface area contributed by atoms with Gasteiger partial charge in [0.2, 0.25) is 0 Å². The largest absolute Gasteiger partial charge is 0.490 e. The number of fused-ring (bicyclic) bond motifs is 1. The van der Waals surface area contributed by atoms with Gasteiger partial charge in [0.25, 0.3) is 0 Å². The number of carbonyl (C=O) groups is 1. The number of aromatic nitrogens is 3. The van der Waals surface area contributed by atoms with Crippen LogP contribution in [0, 0.1) is 0 Å². The molecule has 3 aromatic rings. The zero-order valence-electron chi connectivity index (χ0n) is 20.0. The maximum Gasteiger partial charge on any atom is 0.410 e. The first-order chi connectivity index (χ1) is 15.7. The number of anilines is 1. The molecular formula is C25H33N5O3. The van der Waals surface area contributed by atoms with Gasteiger partial charge in [0, 0.05) is 24.8 Å². The molecule has 0 aliphatic carbocycles. The molecule has 1 aliphatic rings.